The minimum atomic E-state index is -1.05. The third-order valence-corrected chi connectivity index (χ3v) is 4.26. The number of rotatable bonds is 5. The fourth-order valence-corrected chi connectivity index (χ4v) is 2.99. The Hall–Kier alpha value is -3.93. The molecule has 0 radical (unpaired) electrons. The van der Waals surface area contributed by atoms with Gasteiger partial charge in [0.05, 0.1) is 16.6 Å². The molecule has 3 aromatic carbocycles. The lowest BCUT2D eigenvalue weighted by Gasteiger charge is -2.14. The van der Waals surface area contributed by atoms with Crippen molar-refractivity contribution in [1.82, 2.24) is 9.55 Å². The second-order valence-corrected chi connectivity index (χ2v) is 6.14. The van der Waals surface area contributed by atoms with Crippen LogP contribution in [0.15, 0.2) is 83.7 Å². The standard InChI is InChI=1S/C22H16N2O4/c25-20(26)14-28-17-12-10-16(11-13-17)24-21(15-6-2-1-3-7-15)23-19-9-5-4-8-18(19)22(24)27/h1-13H,14H2,(H,25,26). The molecule has 6 nitrogen and oxygen atoms in total. The number of aromatic nitrogens is 2. The van der Waals surface area contributed by atoms with E-state index in [0.717, 1.165) is 5.56 Å². The third-order valence-electron chi connectivity index (χ3n) is 4.26. The molecule has 0 unspecified atom stereocenters. The van der Waals surface area contributed by atoms with Crippen molar-refractivity contribution in [2.24, 2.45) is 0 Å². The lowest BCUT2D eigenvalue weighted by molar-refractivity contribution is -0.139. The van der Waals surface area contributed by atoms with Gasteiger partial charge in [0.1, 0.15) is 11.6 Å². The molecule has 0 saturated carbocycles. The molecule has 4 aromatic rings. The first kappa shape index (κ1) is 17.5. The van der Waals surface area contributed by atoms with Crippen LogP contribution in [0.25, 0.3) is 28.0 Å². The van der Waals surface area contributed by atoms with Crippen molar-refractivity contribution in [2.45, 2.75) is 0 Å². The van der Waals surface area contributed by atoms with Crippen molar-refractivity contribution in [3.8, 4) is 22.8 Å². The molecule has 1 heterocycles. The second-order valence-electron chi connectivity index (χ2n) is 6.14. The molecule has 0 fully saturated rings. The Balaban J connectivity index is 1.89. The average molecular weight is 372 g/mol. The minimum absolute atomic E-state index is 0.177. The number of hydrogen-bond acceptors (Lipinski definition) is 4. The van der Waals surface area contributed by atoms with Gasteiger partial charge >= 0.3 is 5.97 Å². The van der Waals surface area contributed by atoms with E-state index in [1.165, 1.54) is 0 Å². The highest BCUT2D eigenvalue weighted by Crippen LogP contribution is 2.23. The number of hydrogen-bond donors (Lipinski definition) is 1. The number of carboxylic acid groups (broad SMARTS) is 1. The molecule has 28 heavy (non-hydrogen) atoms. The number of benzene rings is 3. The zero-order valence-corrected chi connectivity index (χ0v) is 14.8. The summed E-state index contributed by atoms with van der Waals surface area (Å²) in [5.74, 6) is -0.108. The van der Waals surface area contributed by atoms with Crippen LogP contribution in [0.4, 0.5) is 0 Å². The highest BCUT2D eigenvalue weighted by Gasteiger charge is 2.14. The summed E-state index contributed by atoms with van der Waals surface area (Å²) in [6, 6.07) is 23.4. The van der Waals surface area contributed by atoms with Gasteiger partial charge in [-0.3, -0.25) is 9.36 Å². The van der Waals surface area contributed by atoms with Crippen molar-refractivity contribution in [3.63, 3.8) is 0 Å². The predicted molar refractivity (Wildman–Crippen MR) is 106 cm³/mol. The number of carbonyl (C=O) groups is 1. The fraction of sp³-hybridized carbons (Fsp3) is 0.0455. The number of nitrogens with zero attached hydrogens (tertiary/aromatic N) is 2. The number of carboxylic acids is 1. The third kappa shape index (κ3) is 3.35. The molecule has 1 N–H and O–H groups in total. The lowest BCUT2D eigenvalue weighted by atomic mass is 10.1. The van der Waals surface area contributed by atoms with Gasteiger partial charge in [-0.2, -0.15) is 0 Å². The molecule has 0 spiro atoms. The molecule has 0 aliphatic rings. The fourth-order valence-electron chi connectivity index (χ4n) is 2.99. The molecule has 4 rings (SSSR count). The van der Waals surface area contributed by atoms with E-state index in [9.17, 15) is 9.59 Å². The predicted octanol–water partition coefficient (Wildman–Crippen LogP) is 3.52. The van der Waals surface area contributed by atoms with Crippen molar-refractivity contribution in [2.75, 3.05) is 6.61 Å². The van der Waals surface area contributed by atoms with Gasteiger partial charge in [-0.15, -0.1) is 0 Å². The number of para-hydroxylation sites is 1. The highest BCUT2D eigenvalue weighted by atomic mass is 16.5. The molecule has 0 bridgehead atoms. The summed E-state index contributed by atoms with van der Waals surface area (Å²) < 4.78 is 6.73. The van der Waals surface area contributed by atoms with Crippen LogP contribution in [0.1, 0.15) is 0 Å². The average Bonchev–Trinajstić information content (AvgIpc) is 2.73. The van der Waals surface area contributed by atoms with Gasteiger partial charge < -0.3 is 9.84 Å². The quantitative estimate of drug-likeness (QED) is 0.580. The number of aliphatic carboxylic acids is 1. The van der Waals surface area contributed by atoms with Gasteiger partial charge in [-0.05, 0) is 36.4 Å². The van der Waals surface area contributed by atoms with Gasteiger partial charge in [0, 0.05) is 5.56 Å². The molecule has 0 aliphatic heterocycles. The summed E-state index contributed by atoms with van der Waals surface area (Å²) in [6.45, 7) is -0.425. The Kier molecular flexibility index (Phi) is 4.60. The van der Waals surface area contributed by atoms with E-state index in [0.29, 0.717) is 28.2 Å². The Morgan fingerprint density at radius 3 is 2.32 bits per heavy atom. The largest absolute Gasteiger partial charge is 0.482 e. The van der Waals surface area contributed by atoms with Gasteiger partial charge in [0.15, 0.2) is 6.61 Å². The highest BCUT2D eigenvalue weighted by molar-refractivity contribution is 5.80. The first-order valence-corrected chi connectivity index (χ1v) is 8.66. The van der Waals surface area contributed by atoms with E-state index < -0.39 is 12.6 Å². The first-order chi connectivity index (χ1) is 13.6. The molecule has 0 saturated heterocycles. The molecule has 6 heteroatoms. The Morgan fingerprint density at radius 1 is 0.929 bits per heavy atom. The van der Waals surface area contributed by atoms with Crippen LogP contribution in [0, 0.1) is 0 Å². The SMILES string of the molecule is O=C(O)COc1ccc(-n2c(-c3ccccc3)nc3ccccc3c2=O)cc1. The monoisotopic (exact) mass is 372 g/mol. The van der Waals surface area contributed by atoms with E-state index in [2.05, 4.69) is 0 Å². The Morgan fingerprint density at radius 2 is 1.61 bits per heavy atom. The molecule has 0 amide bonds. The van der Waals surface area contributed by atoms with E-state index in [1.807, 2.05) is 42.5 Å². The number of fused-ring (bicyclic) bond motifs is 1. The first-order valence-electron chi connectivity index (χ1n) is 8.66. The van der Waals surface area contributed by atoms with Crippen molar-refractivity contribution < 1.29 is 14.6 Å². The molecule has 0 atom stereocenters. The summed E-state index contributed by atoms with van der Waals surface area (Å²) in [5, 5.41) is 9.25. The van der Waals surface area contributed by atoms with Crippen LogP contribution < -0.4 is 10.3 Å². The summed E-state index contributed by atoms with van der Waals surface area (Å²) in [5.41, 5.74) is 1.88. The molecular formula is C22H16N2O4. The summed E-state index contributed by atoms with van der Waals surface area (Å²) in [4.78, 5) is 28.6. The van der Waals surface area contributed by atoms with Crippen LogP contribution in [-0.4, -0.2) is 27.2 Å². The van der Waals surface area contributed by atoms with Crippen LogP contribution in [-0.2, 0) is 4.79 Å². The minimum Gasteiger partial charge on any atom is -0.482 e. The van der Waals surface area contributed by atoms with Crippen LogP contribution in [0.5, 0.6) is 5.75 Å². The molecule has 138 valence electrons. The molecular weight excluding hydrogens is 356 g/mol. The zero-order valence-electron chi connectivity index (χ0n) is 14.8. The summed E-state index contributed by atoms with van der Waals surface area (Å²) >= 11 is 0. The smallest absolute Gasteiger partial charge is 0.341 e. The topological polar surface area (TPSA) is 81.4 Å². The number of ether oxygens (including phenoxy) is 1. The van der Waals surface area contributed by atoms with Gasteiger partial charge in [0.25, 0.3) is 5.56 Å². The lowest BCUT2D eigenvalue weighted by Crippen LogP contribution is -2.22. The van der Waals surface area contributed by atoms with Crippen LogP contribution in [0.3, 0.4) is 0 Å². The van der Waals surface area contributed by atoms with E-state index in [4.69, 9.17) is 14.8 Å². The van der Waals surface area contributed by atoms with E-state index in [-0.39, 0.29) is 5.56 Å². The van der Waals surface area contributed by atoms with Gasteiger partial charge in [-0.1, -0.05) is 42.5 Å². The zero-order chi connectivity index (χ0) is 19.5. The molecule has 1 aromatic heterocycles. The summed E-state index contributed by atoms with van der Waals surface area (Å²) in [7, 11) is 0. The van der Waals surface area contributed by atoms with Crippen LogP contribution >= 0.6 is 0 Å². The summed E-state index contributed by atoms with van der Waals surface area (Å²) in [6.07, 6.45) is 0. The van der Waals surface area contributed by atoms with Crippen molar-refractivity contribution in [3.05, 3.63) is 89.2 Å². The Bertz CT molecular complexity index is 1200. The van der Waals surface area contributed by atoms with E-state index >= 15 is 0 Å². The normalized spacial score (nSPS) is 10.7. The Labute approximate surface area is 160 Å². The maximum Gasteiger partial charge on any atom is 0.341 e. The van der Waals surface area contributed by atoms with Gasteiger partial charge in [-0.25, -0.2) is 9.78 Å². The molecule has 0 aliphatic carbocycles. The second kappa shape index (κ2) is 7.36. The maximum absolute atomic E-state index is 13.2. The van der Waals surface area contributed by atoms with E-state index in [1.54, 1.807) is 41.0 Å². The van der Waals surface area contributed by atoms with Crippen molar-refractivity contribution in [1.29, 1.82) is 0 Å². The van der Waals surface area contributed by atoms with Gasteiger partial charge in [0.2, 0.25) is 0 Å². The van der Waals surface area contributed by atoms with Crippen molar-refractivity contribution >= 4 is 16.9 Å². The maximum atomic E-state index is 13.2. The van der Waals surface area contributed by atoms with Crippen LogP contribution in [0.2, 0.25) is 0 Å².